The van der Waals surface area contributed by atoms with Crippen molar-refractivity contribution in [2.45, 2.75) is 49.4 Å². The van der Waals surface area contributed by atoms with E-state index in [2.05, 4.69) is 30.6 Å². The predicted octanol–water partition coefficient (Wildman–Crippen LogP) is 5.07. The second-order valence-corrected chi connectivity index (χ2v) is 16.9. The molecule has 16 nitrogen and oxygen atoms in total. The molecular formula is C39H39ClF3N11O5S. The van der Waals surface area contributed by atoms with E-state index < -0.39 is 33.9 Å². The van der Waals surface area contributed by atoms with Gasteiger partial charge in [-0.2, -0.15) is 22.7 Å². The number of aryl methyl sites for hydroxylation is 1. The molecule has 2 saturated heterocycles. The highest BCUT2D eigenvalue weighted by Gasteiger charge is 2.50. The maximum atomic E-state index is 14.7. The normalized spacial score (nSPS) is 17.6. The van der Waals surface area contributed by atoms with Crippen LogP contribution in [0, 0.1) is 6.92 Å². The lowest BCUT2D eigenvalue weighted by Gasteiger charge is -2.39. The molecule has 314 valence electrons. The first kappa shape index (κ1) is 40.9. The molecule has 3 aromatic heterocycles. The molecule has 0 radical (unpaired) electrons. The second kappa shape index (κ2) is 15.6. The summed E-state index contributed by atoms with van der Waals surface area (Å²) in [7, 11) is 1.60. The number of likely N-dealkylation sites (tertiary alicyclic amines) is 1. The van der Waals surface area contributed by atoms with Crippen LogP contribution in [0.2, 0.25) is 5.02 Å². The Kier molecular flexibility index (Phi) is 10.6. The highest BCUT2D eigenvalue weighted by Crippen LogP contribution is 2.58. The van der Waals surface area contributed by atoms with Crippen LogP contribution in [-0.4, -0.2) is 108 Å². The zero-order valence-corrected chi connectivity index (χ0v) is 34.2. The number of thioether (sulfide) groups is 1. The molecule has 1 spiro atoms. The number of benzene rings is 2. The van der Waals surface area contributed by atoms with Crippen LogP contribution in [0.5, 0.6) is 5.75 Å². The number of urea groups is 1. The highest BCUT2D eigenvalue weighted by molar-refractivity contribution is 8.00. The van der Waals surface area contributed by atoms with Gasteiger partial charge in [-0.1, -0.05) is 11.6 Å². The van der Waals surface area contributed by atoms with E-state index in [0.29, 0.717) is 55.8 Å². The lowest BCUT2D eigenvalue weighted by Crippen LogP contribution is -2.51. The maximum absolute atomic E-state index is 14.7. The number of nitrogens with zero attached hydrogens (tertiary/aromatic N) is 9. The van der Waals surface area contributed by atoms with Crippen molar-refractivity contribution in [1.29, 1.82) is 0 Å². The summed E-state index contributed by atoms with van der Waals surface area (Å²) in [5.41, 5.74) is 1.24. The quantitative estimate of drug-likeness (QED) is 0.207. The van der Waals surface area contributed by atoms with Gasteiger partial charge >= 0.3 is 12.2 Å². The molecule has 0 aliphatic carbocycles. The molecule has 5 aromatic rings. The summed E-state index contributed by atoms with van der Waals surface area (Å²) in [5.74, 6) is -1.08. The molecule has 60 heavy (non-hydrogen) atoms. The summed E-state index contributed by atoms with van der Waals surface area (Å²) in [6, 6.07) is 10.0. The molecule has 1 atom stereocenters. The Morgan fingerprint density at radius 1 is 1.00 bits per heavy atom. The lowest BCUT2D eigenvalue weighted by atomic mass is 9.87. The molecule has 0 unspecified atom stereocenters. The minimum Gasteiger partial charge on any atom is -0.504 e. The number of nitrogens with one attached hydrogen (secondary N) is 2. The maximum Gasteiger partial charge on any atom is 0.416 e. The summed E-state index contributed by atoms with van der Waals surface area (Å²) < 4.78 is 42.1. The number of carbonyl (C=O) groups is 3. The summed E-state index contributed by atoms with van der Waals surface area (Å²) in [6.07, 6.45) is -2.69. The van der Waals surface area contributed by atoms with Crippen molar-refractivity contribution in [2.24, 2.45) is 0 Å². The number of amides is 4. The number of hydrogen-bond acceptors (Lipinski definition) is 11. The van der Waals surface area contributed by atoms with E-state index in [1.807, 2.05) is 31.2 Å². The average Bonchev–Trinajstić information content (AvgIpc) is 3.80. The summed E-state index contributed by atoms with van der Waals surface area (Å²) >= 11 is 7.74. The van der Waals surface area contributed by atoms with Crippen LogP contribution in [0.25, 0.3) is 17.2 Å². The average molecular weight is 866 g/mol. The Morgan fingerprint density at radius 2 is 1.70 bits per heavy atom. The van der Waals surface area contributed by atoms with E-state index in [-0.39, 0.29) is 70.4 Å². The van der Waals surface area contributed by atoms with E-state index >= 15 is 0 Å². The topological polar surface area (TPSA) is 183 Å². The highest BCUT2D eigenvalue weighted by atomic mass is 35.5. The fourth-order valence-electron chi connectivity index (χ4n) is 8.14. The fourth-order valence-corrected chi connectivity index (χ4v) is 10.1. The van der Waals surface area contributed by atoms with E-state index in [4.69, 9.17) is 16.6 Å². The fraction of sp³-hybridized carbons (Fsp3) is 0.385. The third-order valence-electron chi connectivity index (χ3n) is 11.2. The summed E-state index contributed by atoms with van der Waals surface area (Å²) in [6.45, 7) is 5.96. The van der Waals surface area contributed by atoms with E-state index in [1.54, 1.807) is 28.3 Å². The van der Waals surface area contributed by atoms with Crippen molar-refractivity contribution >= 4 is 58.4 Å². The summed E-state index contributed by atoms with van der Waals surface area (Å²) in [5, 5.41) is 19.8. The van der Waals surface area contributed by atoms with Crippen molar-refractivity contribution in [3.63, 3.8) is 0 Å². The van der Waals surface area contributed by atoms with E-state index in [1.165, 1.54) is 22.6 Å². The number of rotatable bonds is 6. The van der Waals surface area contributed by atoms with Crippen molar-refractivity contribution < 1.29 is 32.7 Å². The van der Waals surface area contributed by atoms with Crippen LogP contribution in [0.3, 0.4) is 0 Å². The van der Waals surface area contributed by atoms with Crippen LogP contribution < -0.4 is 21.1 Å². The van der Waals surface area contributed by atoms with Gasteiger partial charge in [0.2, 0.25) is 11.7 Å². The van der Waals surface area contributed by atoms with Crippen molar-refractivity contribution in [3.8, 4) is 17.1 Å². The molecule has 21 heteroatoms. The van der Waals surface area contributed by atoms with Crippen molar-refractivity contribution in [2.75, 3.05) is 56.5 Å². The van der Waals surface area contributed by atoms with Gasteiger partial charge in [0.1, 0.15) is 12.9 Å². The van der Waals surface area contributed by atoms with Gasteiger partial charge in [-0.3, -0.25) is 14.4 Å². The number of carbonyl (C=O) groups excluding carboxylic acids is 3. The van der Waals surface area contributed by atoms with Crippen LogP contribution >= 0.6 is 23.4 Å². The third-order valence-corrected chi connectivity index (χ3v) is 13.2. The van der Waals surface area contributed by atoms with Crippen LogP contribution in [-0.2, 0) is 22.3 Å². The molecule has 0 saturated carbocycles. The van der Waals surface area contributed by atoms with E-state index in [9.17, 15) is 37.5 Å². The van der Waals surface area contributed by atoms with Crippen LogP contribution in [0.4, 0.5) is 29.3 Å². The molecule has 0 bridgehead atoms. The number of piperazine rings is 1. The molecule has 6 heterocycles. The Labute approximate surface area is 349 Å². The number of aromatic nitrogens is 6. The molecule has 8 rings (SSSR count). The molecule has 3 aliphatic heterocycles. The first-order valence-electron chi connectivity index (χ1n) is 19.1. The number of anilines is 2. The minimum absolute atomic E-state index is 0.0264. The number of alkyl halides is 3. The Morgan fingerprint density at radius 3 is 2.35 bits per heavy atom. The van der Waals surface area contributed by atoms with Crippen LogP contribution in [0.1, 0.15) is 58.0 Å². The Bertz CT molecular complexity index is 2590. The number of fused-ring (bicyclic) bond motifs is 3. The standard InChI is InChI=1S/C39H39ClF3N11O5S/c1-21-32(56)30(46-20-45-21)35(58)51-12-10-38(11-13-51)29-31(22(2)60-38)53(19-28(55)47-27-9-6-24(18-26(27)40)39(41,42)43)36-48-33(49-54(36)34(29)57)23-4-7-25(8-5-23)50-14-16-52(17-15-50)37(59)44-3/h4-9,18,20,22,56H,10-17,19H2,1-3H3,(H,44,59)(H,47,55)/t22-/m0/s1. The SMILES string of the molecule is CNC(=O)N1CCN(c2ccc(-c3nc4n(CC(=O)Nc5ccc(C(F)(F)F)cc5Cl)c5c(c(=O)n4n3)C3(CCN(C(=O)c4ncnc(C)c4O)CC3)S[C@H]5C)cc2)CC1. The molecule has 4 amide bonds. The number of piperidine rings is 1. The van der Waals surface area contributed by atoms with Gasteiger partial charge in [0.25, 0.3) is 11.5 Å². The largest absolute Gasteiger partial charge is 0.504 e. The first-order valence-corrected chi connectivity index (χ1v) is 20.3. The third kappa shape index (κ3) is 7.35. The minimum atomic E-state index is -4.63. The Hall–Kier alpha value is -5.89. The smallest absolute Gasteiger partial charge is 0.416 e. The number of hydrogen-bond donors (Lipinski definition) is 3. The van der Waals surface area contributed by atoms with Gasteiger partial charge in [-0.25, -0.2) is 14.8 Å². The molecular weight excluding hydrogens is 827 g/mol. The van der Waals surface area contributed by atoms with Gasteiger partial charge in [0, 0.05) is 68.5 Å². The summed E-state index contributed by atoms with van der Waals surface area (Å²) in [4.78, 5) is 72.3. The zero-order valence-electron chi connectivity index (χ0n) is 32.6. The number of aromatic hydroxyl groups is 1. The molecule has 3 aliphatic rings. The van der Waals surface area contributed by atoms with Gasteiger partial charge in [0.15, 0.2) is 17.3 Å². The van der Waals surface area contributed by atoms with Crippen LogP contribution in [0.15, 0.2) is 53.6 Å². The Balaban J connectivity index is 1.14. The van der Waals surface area contributed by atoms with Gasteiger partial charge in [-0.15, -0.1) is 16.9 Å². The predicted molar refractivity (Wildman–Crippen MR) is 217 cm³/mol. The van der Waals surface area contributed by atoms with Gasteiger partial charge in [0.05, 0.1) is 32.3 Å². The molecule has 2 aromatic carbocycles. The van der Waals surface area contributed by atoms with Crippen molar-refractivity contribution in [1.82, 2.24) is 44.2 Å². The lowest BCUT2D eigenvalue weighted by molar-refractivity contribution is -0.137. The monoisotopic (exact) mass is 865 g/mol. The van der Waals surface area contributed by atoms with Crippen molar-refractivity contribution in [3.05, 3.63) is 92.4 Å². The molecule has 2 fully saturated rings. The zero-order chi connectivity index (χ0) is 42.7. The number of halogens is 4. The van der Waals surface area contributed by atoms with Gasteiger partial charge < -0.3 is 35.0 Å². The van der Waals surface area contributed by atoms with Gasteiger partial charge in [-0.05, 0) is 69.2 Å². The second-order valence-electron chi connectivity index (χ2n) is 14.8. The first-order chi connectivity index (χ1) is 28.6. The van der Waals surface area contributed by atoms with E-state index in [0.717, 1.165) is 23.9 Å². The molecule has 3 N–H and O–H groups in total.